The number of anilines is 1. The van der Waals surface area contributed by atoms with Crippen LogP contribution in [0, 0.1) is 13.8 Å². The summed E-state index contributed by atoms with van der Waals surface area (Å²) in [6.45, 7) is 3.87. The van der Waals surface area contributed by atoms with E-state index >= 15 is 0 Å². The van der Waals surface area contributed by atoms with Gasteiger partial charge in [-0.2, -0.15) is 0 Å². The van der Waals surface area contributed by atoms with E-state index in [1.54, 1.807) is 0 Å². The molecule has 0 saturated carbocycles. The van der Waals surface area contributed by atoms with Crippen molar-refractivity contribution in [3.8, 4) is 0 Å². The number of carbonyl (C=O) groups is 2. The fourth-order valence-electron chi connectivity index (χ4n) is 3.01. The molecule has 6 nitrogen and oxygen atoms in total. The number of aliphatic imine (C=N–C) groups is 1. The van der Waals surface area contributed by atoms with Gasteiger partial charge in [-0.1, -0.05) is 48.2 Å². The van der Waals surface area contributed by atoms with Gasteiger partial charge in [0.1, 0.15) is 5.25 Å². The predicted octanol–water partition coefficient (Wildman–Crippen LogP) is 3.26. The first-order valence-corrected chi connectivity index (χ1v) is 9.96. The Hall–Kier alpha value is -2.64. The van der Waals surface area contributed by atoms with Crippen molar-refractivity contribution >= 4 is 40.1 Å². The molecule has 7 heteroatoms. The van der Waals surface area contributed by atoms with Crippen molar-refractivity contribution in [3.05, 3.63) is 59.7 Å². The average molecular weight is 398 g/mol. The van der Waals surface area contributed by atoms with Crippen molar-refractivity contribution in [1.82, 2.24) is 4.90 Å². The minimum atomic E-state index is -0.557. The first-order chi connectivity index (χ1) is 13.5. The van der Waals surface area contributed by atoms with E-state index in [2.05, 4.69) is 10.3 Å². The number of amides is 2. The molecule has 0 unspecified atom stereocenters. The summed E-state index contributed by atoms with van der Waals surface area (Å²) in [5.41, 5.74) is 3.47. The molecule has 0 radical (unpaired) electrons. The molecule has 2 amide bonds. The number of thioether (sulfide) groups is 1. The lowest BCUT2D eigenvalue weighted by Crippen LogP contribution is -2.35. The molecule has 28 heavy (non-hydrogen) atoms. The van der Waals surface area contributed by atoms with E-state index in [1.807, 2.05) is 62.4 Å². The van der Waals surface area contributed by atoms with Crippen molar-refractivity contribution in [2.24, 2.45) is 4.99 Å². The van der Waals surface area contributed by atoms with Crippen LogP contribution in [0.15, 0.2) is 53.5 Å². The van der Waals surface area contributed by atoms with Gasteiger partial charge in [0.2, 0.25) is 11.8 Å². The number of nitrogens with one attached hydrogen (secondary N) is 1. The second-order valence-electron chi connectivity index (χ2n) is 6.57. The van der Waals surface area contributed by atoms with Crippen LogP contribution < -0.4 is 5.32 Å². The van der Waals surface area contributed by atoms with E-state index in [4.69, 9.17) is 0 Å². The van der Waals surface area contributed by atoms with E-state index in [9.17, 15) is 14.7 Å². The quantitative estimate of drug-likeness (QED) is 0.784. The van der Waals surface area contributed by atoms with E-state index in [-0.39, 0.29) is 31.4 Å². The van der Waals surface area contributed by atoms with E-state index in [0.717, 1.165) is 22.5 Å². The standard InChI is InChI=1S/C21H23N3O3S/c1-14-7-6-8-15(2)19(14)23-18(26)13-17-20(27)24(11-12-25)21(28-17)22-16-9-4-3-5-10-16/h3-10,17,25H,11-13H2,1-2H3,(H,23,26)/t17-/m0/s1. The van der Waals surface area contributed by atoms with Crippen LogP contribution in [0.2, 0.25) is 0 Å². The first kappa shape index (κ1) is 20.1. The van der Waals surface area contributed by atoms with E-state index in [0.29, 0.717) is 5.17 Å². The van der Waals surface area contributed by atoms with Crippen molar-refractivity contribution < 1.29 is 14.7 Å². The zero-order valence-corrected chi connectivity index (χ0v) is 16.7. The van der Waals surface area contributed by atoms with Gasteiger partial charge in [-0.3, -0.25) is 14.5 Å². The molecule has 1 aliphatic heterocycles. The van der Waals surface area contributed by atoms with Crippen LogP contribution >= 0.6 is 11.8 Å². The Kier molecular flexibility index (Phi) is 6.49. The largest absolute Gasteiger partial charge is 0.395 e. The molecule has 0 aliphatic carbocycles. The fourth-order valence-corrected chi connectivity index (χ4v) is 4.20. The summed E-state index contributed by atoms with van der Waals surface area (Å²) < 4.78 is 0. The Balaban J connectivity index is 1.74. The number of carbonyl (C=O) groups excluding carboxylic acids is 2. The summed E-state index contributed by atoms with van der Waals surface area (Å²) in [6, 6.07) is 15.1. The monoisotopic (exact) mass is 397 g/mol. The number of hydrogen-bond acceptors (Lipinski definition) is 5. The molecule has 2 N–H and O–H groups in total. The Morgan fingerprint density at radius 1 is 1.14 bits per heavy atom. The van der Waals surface area contributed by atoms with Gasteiger partial charge in [0.15, 0.2) is 5.17 Å². The Morgan fingerprint density at radius 3 is 2.46 bits per heavy atom. The highest BCUT2D eigenvalue weighted by molar-refractivity contribution is 8.15. The number of amidine groups is 1. The highest BCUT2D eigenvalue weighted by Crippen LogP contribution is 2.32. The van der Waals surface area contributed by atoms with Gasteiger partial charge in [0.05, 0.1) is 18.8 Å². The Bertz CT molecular complexity index is 879. The van der Waals surface area contributed by atoms with Crippen LogP contribution in [-0.4, -0.2) is 45.4 Å². The topological polar surface area (TPSA) is 82.0 Å². The number of para-hydroxylation sites is 2. The van der Waals surface area contributed by atoms with Gasteiger partial charge in [-0.05, 0) is 37.1 Å². The molecule has 0 bridgehead atoms. The molecule has 146 valence electrons. The minimum Gasteiger partial charge on any atom is -0.395 e. The molecule has 2 aromatic carbocycles. The van der Waals surface area contributed by atoms with E-state index in [1.165, 1.54) is 16.7 Å². The lowest BCUT2D eigenvalue weighted by molar-refractivity contribution is -0.128. The zero-order chi connectivity index (χ0) is 20.1. The van der Waals surface area contributed by atoms with Crippen LogP contribution in [0.1, 0.15) is 17.5 Å². The van der Waals surface area contributed by atoms with Crippen molar-refractivity contribution in [1.29, 1.82) is 0 Å². The zero-order valence-electron chi connectivity index (χ0n) is 15.9. The lowest BCUT2D eigenvalue weighted by Gasteiger charge is -2.15. The molecular formula is C21H23N3O3S. The smallest absolute Gasteiger partial charge is 0.242 e. The van der Waals surface area contributed by atoms with Crippen molar-refractivity contribution in [3.63, 3.8) is 0 Å². The Morgan fingerprint density at radius 2 is 1.82 bits per heavy atom. The lowest BCUT2D eigenvalue weighted by atomic mass is 10.1. The highest BCUT2D eigenvalue weighted by Gasteiger charge is 2.38. The molecule has 1 saturated heterocycles. The third kappa shape index (κ3) is 4.61. The molecular weight excluding hydrogens is 374 g/mol. The van der Waals surface area contributed by atoms with E-state index < -0.39 is 5.25 Å². The molecule has 1 fully saturated rings. The molecule has 0 spiro atoms. The average Bonchev–Trinajstić information content (AvgIpc) is 2.95. The number of hydrogen-bond donors (Lipinski definition) is 2. The summed E-state index contributed by atoms with van der Waals surface area (Å²) in [4.78, 5) is 31.3. The minimum absolute atomic E-state index is 0.0486. The van der Waals surface area contributed by atoms with Crippen LogP contribution in [0.3, 0.4) is 0 Å². The Labute approximate surface area is 168 Å². The maximum Gasteiger partial charge on any atom is 0.242 e. The van der Waals surface area contributed by atoms with Gasteiger partial charge in [-0.25, -0.2) is 4.99 Å². The van der Waals surface area contributed by atoms with Crippen LogP contribution in [0.25, 0.3) is 0 Å². The summed E-state index contributed by atoms with van der Waals surface area (Å²) in [5, 5.41) is 12.2. The maximum atomic E-state index is 12.8. The number of β-amino-alcohol motifs (C(OH)–C–C–N with tert-alkyl or cyclic N) is 1. The van der Waals surface area contributed by atoms with Gasteiger partial charge in [0.25, 0.3) is 0 Å². The second kappa shape index (κ2) is 9.03. The third-order valence-electron chi connectivity index (χ3n) is 4.44. The number of aliphatic hydroxyl groups is 1. The molecule has 2 aromatic rings. The fraction of sp³-hybridized carbons (Fsp3) is 0.286. The third-order valence-corrected chi connectivity index (χ3v) is 5.62. The summed E-state index contributed by atoms with van der Waals surface area (Å²) in [7, 11) is 0. The van der Waals surface area contributed by atoms with Gasteiger partial charge in [0, 0.05) is 12.1 Å². The molecule has 3 rings (SSSR count). The van der Waals surface area contributed by atoms with Crippen LogP contribution in [0.5, 0.6) is 0 Å². The summed E-state index contributed by atoms with van der Waals surface area (Å²) in [6.07, 6.45) is 0.0486. The van der Waals surface area contributed by atoms with Crippen LogP contribution in [-0.2, 0) is 9.59 Å². The highest BCUT2D eigenvalue weighted by atomic mass is 32.2. The first-order valence-electron chi connectivity index (χ1n) is 9.08. The second-order valence-corrected chi connectivity index (χ2v) is 7.74. The summed E-state index contributed by atoms with van der Waals surface area (Å²) >= 11 is 1.26. The number of nitrogens with zero attached hydrogens (tertiary/aromatic N) is 2. The molecule has 1 atom stereocenters. The van der Waals surface area contributed by atoms with Crippen molar-refractivity contribution in [2.45, 2.75) is 25.5 Å². The molecule has 1 aliphatic rings. The number of benzene rings is 2. The maximum absolute atomic E-state index is 12.8. The molecule has 0 aromatic heterocycles. The number of aliphatic hydroxyl groups excluding tert-OH is 1. The van der Waals surface area contributed by atoms with Crippen molar-refractivity contribution in [2.75, 3.05) is 18.5 Å². The van der Waals surface area contributed by atoms with Crippen LogP contribution in [0.4, 0.5) is 11.4 Å². The van der Waals surface area contributed by atoms with Gasteiger partial charge >= 0.3 is 0 Å². The number of aryl methyl sites for hydroxylation is 2. The molecule has 1 heterocycles. The SMILES string of the molecule is Cc1cccc(C)c1NC(=O)C[C@@H]1SC(=Nc2ccccc2)N(CCO)C1=O. The van der Waals surface area contributed by atoms with Gasteiger partial charge in [-0.15, -0.1) is 0 Å². The normalized spacial score (nSPS) is 18.0. The summed E-state index contributed by atoms with van der Waals surface area (Å²) in [5.74, 6) is -0.418. The number of rotatable bonds is 6. The predicted molar refractivity (Wildman–Crippen MR) is 113 cm³/mol. The van der Waals surface area contributed by atoms with Gasteiger partial charge < -0.3 is 10.4 Å².